The van der Waals surface area contributed by atoms with Gasteiger partial charge < -0.3 is 26.0 Å². The van der Waals surface area contributed by atoms with Crippen molar-refractivity contribution < 1.29 is 20.1 Å². The molecule has 3 rings (SSSR count). The number of carbonyl (C=O) groups is 1. The Labute approximate surface area is 154 Å². The third-order valence-electron chi connectivity index (χ3n) is 5.77. The minimum absolute atomic E-state index is 0.123. The highest BCUT2D eigenvalue weighted by molar-refractivity contribution is 5.82. The van der Waals surface area contributed by atoms with Crippen LogP contribution in [0.5, 0.6) is 0 Å². The first-order valence-corrected chi connectivity index (χ1v) is 9.66. The summed E-state index contributed by atoms with van der Waals surface area (Å²) in [6, 6.07) is 9.62. The molecule has 2 unspecified atom stereocenters. The molecule has 1 amide bonds. The van der Waals surface area contributed by atoms with Gasteiger partial charge in [0, 0.05) is 0 Å². The molecule has 26 heavy (non-hydrogen) atoms. The summed E-state index contributed by atoms with van der Waals surface area (Å²) in [5, 5.41) is 35.6. The standard InChI is InChI=1S/C20H30N2O4/c23-17-9-8-15(18(24)19(17)25)22-20(26)16-12-14(10-11-21-16)7-6-13-4-2-1-3-5-13/h1-5,14-19,21,23-25H,6-12H2,(H,22,26)/t14?,15-,16?,17+,18+,19-/m1/s1. The molecule has 1 heterocycles. The van der Waals surface area contributed by atoms with Crippen LogP contribution in [0.3, 0.4) is 0 Å². The molecule has 0 radical (unpaired) electrons. The number of aliphatic hydroxyl groups is 3. The van der Waals surface area contributed by atoms with Crippen LogP contribution >= 0.6 is 0 Å². The van der Waals surface area contributed by atoms with Crippen LogP contribution < -0.4 is 10.6 Å². The summed E-state index contributed by atoms with van der Waals surface area (Å²) < 4.78 is 0. The largest absolute Gasteiger partial charge is 0.390 e. The lowest BCUT2D eigenvalue weighted by atomic mass is 9.85. The van der Waals surface area contributed by atoms with E-state index in [4.69, 9.17) is 0 Å². The van der Waals surface area contributed by atoms with E-state index in [0.717, 1.165) is 32.2 Å². The van der Waals surface area contributed by atoms with Gasteiger partial charge in [-0.05, 0) is 56.6 Å². The molecule has 1 aliphatic heterocycles. The van der Waals surface area contributed by atoms with Crippen molar-refractivity contribution >= 4 is 5.91 Å². The number of nitrogens with one attached hydrogen (secondary N) is 2. The molecule has 6 heteroatoms. The molecule has 0 spiro atoms. The highest BCUT2D eigenvalue weighted by atomic mass is 16.4. The van der Waals surface area contributed by atoms with Crippen molar-refractivity contribution in [2.45, 2.75) is 68.9 Å². The van der Waals surface area contributed by atoms with E-state index in [9.17, 15) is 20.1 Å². The van der Waals surface area contributed by atoms with Crippen molar-refractivity contribution in [1.82, 2.24) is 10.6 Å². The second-order valence-electron chi connectivity index (χ2n) is 7.66. The Hall–Kier alpha value is -1.47. The van der Waals surface area contributed by atoms with E-state index in [1.807, 2.05) is 6.07 Å². The molecule has 144 valence electrons. The van der Waals surface area contributed by atoms with E-state index in [-0.39, 0.29) is 11.9 Å². The van der Waals surface area contributed by atoms with Gasteiger partial charge in [0.2, 0.25) is 5.91 Å². The van der Waals surface area contributed by atoms with Gasteiger partial charge in [0.05, 0.1) is 18.2 Å². The van der Waals surface area contributed by atoms with Gasteiger partial charge in [-0.2, -0.15) is 0 Å². The molecular weight excluding hydrogens is 332 g/mol. The predicted octanol–water partition coefficient (Wildman–Crippen LogP) is 0.349. The van der Waals surface area contributed by atoms with Gasteiger partial charge in [-0.15, -0.1) is 0 Å². The number of aryl methyl sites for hydroxylation is 1. The summed E-state index contributed by atoms with van der Waals surface area (Å²) >= 11 is 0. The quantitative estimate of drug-likeness (QED) is 0.520. The van der Waals surface area contributed by atoms with E-state index in [2.05, 4.69) is 34.9 Å². The monoisotopic (exact) mass is 362 g/mol. The number of hydrogen-bond acceptors (Lipinski definition) is 5. The molecule has 2 fully saturated rings. The number of carbonyl (C=O) groups excluding carboxylic acids is 1. The van der Waals surface area contributed by atoms with Gasteiger partial charge in [-0.1, -0.05) is 30.3 Å². The second-order valence-corrected chi connectivity index (χ2v) is 7.66. The van der Waals surface area contributed by atoms with E-state index < -0.39 is 24.4 Å². The lowest BCUT2D eigenvalue weighted by molar-refractivity contribution is -0.131. The fourth-order valence-electron chi connectivity index (χ4n) is 4.07. The third-order valence-corrected chi connectivity index (χ3v) is 5.77. The third kappa shape index (κ3) is 4.82. The van der Waals surface area contributed by atoms with E-state index in [0.29, 0.717) is 18.8 Å². The molecule has 0 bridgehead atoms. The summed E-state index contributed by atoms with van der Waals surface area (Å²) in [7, 11) is 0. The van der Waals surface area contributed by atoms with Crippen LogP contribution in [0.2, 0.25) is 0 Å². The first-order valence-electron chi connectivity index (χ1n) is 9.66. The fraction of sp³-hybridized carbons (Fsp3) is 0.650. The highest BCUT2D eigenvalue weighted by Gasteiger charge is 2.38. The summed E-state index contributed by atoms with van der Waals surface area (Å²) in [4.78, 5) is 12.6. The normalized spacial score (nSPS) is 35.0. The Kier molecular flexibility index (Phi) is 6.64. The van der Waals surface area contributed by atoms with Crippen LogP contribution in [-0.4, -0.2) is 58.2 Å². The number of piperidine rings is 1. The molecular formula is C20H30N2O4. The minimum Gasteiger partial charge on any atom is -0.390 e. The number of hydrogen-bond donors (Lipinski definition) is 5. The van der Waals surface area contributed by atoms with Gasteiger partial charge in [0.25, 0.3) is 0 Å². The predicted molar refractivity (Wildman–Crippen MR) is 98.5 cm³/mol. The molecule has 0 aromatic heterocycles. The molecule has 2 aliphatic rings. The molecule has 6 nitrogen and oxygen atoms in total. The van der Waals surface area contributed by atoms with Crippen LogP contribution in [0.4, 0.5) is 0 Å². The van der Waals surface area contributed by atoms with Gasteiger partial charge in [0.15, 0.2) is 0 Å². The van der Waals surface area contributed by atoms with Crippen LogP contribution in [0.25, 0.3) is 0 Å². The zero-order valence-corrected chi connectivity index (χ0v) is 15.1. The molecule has 1 aromatic carbocycles. The molecule has 6 atom stereocenters. The van der Waals surface area contributed by atoms with Crippen LogP contribution in [-0.2, 0) is 11.2 Å². The van der Waals surface area contributed by atoms with Gasteiger partial charge >= 0.3 is 0 Å². The zero-order chi connectivity index (χ0) is 18.5. The lowest BCUT2D eigenvalue weighted by Crippen LogP contribution is -2.59. The second kappa shape index (κ2) is 8.95. The van der Waals surface area contributed by atoms with Gasteiger partial charge in [-0.25, -0.2) is 0 Å². The van der Waals surface area contributed by atoms with Crippen molar-refractivity contribution in [3.8, 4) is 0 Å². The fourth-order valence-corrected chi connectivity index (χ4v) is 4.07. The summed E-state index contributed by atoms with van der Waals surface area (Å²) in [6.07, 6.45) is 1.52. The Morgan fingerprint density at radius 2 is 1.85 bits per heavy atom. The average Bonchev–Trinajstić information content (AvgIpc) is 2.68. The van der Waals surface area contributed by atoms with Crippen molar-refractivity contribution in [1.29, 1.82) is 0 Å². The lowest BCUT2D eigenvalue weighted by Gasteiger charge is -2.37. The SMILES string of the molecule is O=C(N[C@@H]1CC[C@H](O)[C@@H](O)[C@H]1O)C1CC(CCc2ccccc2)CCN1. The maximum Gasteiger partial charge on any atom is 0.237 e. The van der Waals surface area contributed by atoms with Crippen LogP contribution in [0.15, 0.2) is 30.3 Å². The molecule has 1 saturated heterocycles. The van der Waals surface area contributed by atoms with Crippen LogP contribution in [0.1, 0.15) is 37.7 Å². The first kappa shape index (κ1) is 19.3. The van der Waals surface area contributed by atoms with Crippen molar-refractivity contribution in [3.05, 3.63) is 35.9 Å². The van der Waals surface area contributed by atoms with E-state index >= 15 is 0 Å². The Morgan fingerprint density at radius 3 is 2.62 bits per heavy atom. The van der Waals surface area contributed by atoms with Gasteiger partial charge in [-0.3, -0.25) is 4.79 Å². The maximum absolute atomic E-state index is 12.6. The summed E-state index contributed by atoms with van der Waals surface area (Å²) in [5.74, 6) is 0.373. The summed E-state index contributed by atoms with van der Waals surface area (Å²) in [6.45, 7) is 0.812. The van der Waals surface area contributed by atoms with E-state index in [1.54, 1.807) is 0 Å². The van der Waals surface area contributed by atoms with Crippen molar-refractivity contribution in [2.24, 2.45) is 5.92 Å². The molecule has 1 aliphatic carbocycles. The number of benzene rings is 1. The van der Waals surface area contributed by atoms with Crippen molar-refractivity contribution in [2.75, 3.05) is 6.54 Å². The molecule has 1 aromatic rings. The van der Waals surface area contributed by atoms with Crippen molar-refractivity contribution in [3.63, 3.8) is 0 Å². The Morgan fingerprint density at radius 1 is 1.08 bits per heavy atom. The average molecular weight is 362 g/mol. The Bertz CT molecular complexity index is 582. The Balaban J connectivity index is 1.48. The maximum atomic E-state index is 12.6. The topological polar surface area (TPSA) is 102 Å². The number of aliphatic hydroxyl groups excluding tert-OH is 3. The number of rotatable bonds is 5. The smallest absolute Gasteiger partial charge is 0.237 e. The van der Waals surface area contributed by atoms with Crippen LogP contribution in [0, 0.1) is 5.92 Å². The minimum atomic E-state index is -1.20. The number of amides is 1. The molecule has 5 N–H and O–H groups in total. The molecule has 1 saturated carbocycles. The highest BCUT2D eigenvalue weighted by Crippen LogP contribution is 2.24. The van der Waals surface area contributed by atoms with Gasteiger partial charge in [0.1, 0.15) is 12.2 Å². The summed E-state index contributed by atoms with van der Waals surface area (Å²) in [5.41, 5.74) is 1.32. The zero-order valence-electron chi connectivity index (χ0n) is 15.1. The van der Waals surface area contributed by atoms with E-state index in [1.165, 1.54) is 5.56 Å². The first-order chi connectivity index (χ1) is 12.5.